The Bertz CT molecular complexity index is 476. The predicted molar refractivity (Wildman–Crippen MR) is 65.4 cm³/mol. The molecule has 0 unspecified atom stereocenters. The van der Waals surface area contributed by atoms with Gasteiger partial charge in [-0.3, -0.25) is 4.79 Å². The van der Waals surface area contributed by atoms with E-state index in [1.165, 1.54) is 11.0 Å². The van der Waals surface area contributed by atoms with Gasteiger partial charge in [0.25, 0.3) is 5.91 Å². The molecule has 0 aromatic heterocycles. The zero-order valence-corrected chi connectivity index (χ0v) is 9.96. The maximum absolute atomic E-state index is 13.5. The van der Waals surface area contributed by atoms with E-state index >= 15 is 0 Å². The van der Waals surface area contributed by atoms with Gasteiger partial charge in [-0.25, -0.2) is 4.39 Å². The number of rotatable bonds is 2. The average molecular weight is 234 g/mol. The molecule has 1 aromatic rings. The molecular weight excluding hydrogens is 219 g/mol. The molecule has 1 fully saturated rings. The molecule has 3 nitrogen and oxygen atoms in total. The van der Waals surface area contributed by atoms with Gasteiger partial charge in [0.1, 0.15) is 5.82 Å². The van der Waals surface area contributed by atoms with Crippen LogP contribution in [0.3, 0.4) is 0 Å². The molecule has 0 bridgehead atoms. The van der Waals surface area contributed by atoms with Crippen molar-refractivity contribution in [3.05, 3.63) is 41.2 Å². The zero-order chi connectivity index (χ0) is 12.4. The minimum Gasteiger partial charge on any atom is -0.309 e. The number of anilines is 1. The smallest absolute Gasteiger partial charge is 0.253 e. The SMILES string of the molecule is CC(C(=O)N(C)c1ccccc1F)=C1CNC1. The van der Waals surface area contributed by atoms with Crippen LogP contribution in [0.2, 0.25) is 0 Å². The lowest BCUT2D eigenvalue weighted by atomic mass is 10.0. The summed E-state index contributed by atoms with van der Waals surface area (Å²) in [5.74, 6) is -0.528. The van der Waals surface area contributed by atoms with E-state index < -0.39 is 0 Å². The summed E-state index contributed by atoms with van der Waals surface area (Å²) in [6, 6.07) is 6.28. The van der Waals surface area contributed by atoms with Gasteiger partial charge in [0.2, 0.25) is 0 Å². The van der Waals surface area contributed by atoms with Crippen molar-refractivity contribution in [2.45, 2.75) is 6.92 Å². The number of halogens is 1. The lowest BCUT2D eigenvalue weighted by Crippen LogP contribution is -2.38. The molecule has 1 saturated heterocycles. The normalized spacial score (nSPS) is 14.2. The van der Waals surface area contributed by atoms with Crippen LogP contribution >= 0.6 is 0 Å². The van der Waals surface area contributed by atoms with Crippen molar-refractivity contribution in [1.82, 2.24) is 5.32 Å². The number of hydrogen-bond donors (Lipinski definition) is 1. The van der Waals surface area contributed by atoms with E-state index in [9.17, 15) is 9.18 Å². The number of carbonyl (C=O) groups is 1. The highest BCUT2D eigenvalue weighted by Gasteiger charge is 2.21. The van der Waals surface area contributed by atoms with Gasteiger partial charge in [0.15, 0.2) is 0 Å². The summed E-state index contributed by atoms with van der Waals surface area (Å²) in [5, 5.41) is 3.08. The van der Waals surface area contributed by atoms with Gasteiger partial charge in [0, 0.05) is 25.7 Å². The van der Waals surface area contributed by atoms with Crippen molar-refractivity contribution in [3.8, 4) is 0 Å². The molecule has 0 saturated carbocycles. The standard InChI is InChI=1S/C13H15FN2O/c1-9(10-7-15-8-10)13(17)16(2)12-6-4-3-5-11(12)14/h3-6,15H,7-8H2,1-2H3. The summed E-state index contributed by atoms with van der Waals surface area (Å²) in [5.41, 5.74) is 2.11. The summed E-state index contributed by atoms with van der Waals surface area (Å²) in [7, 11) is 1.59. The Balaban J connectivity index is 2.23. The Morgan fingerprint density at radius 3 is 2.53 bits per heavy atom. The Labute approximate surface area is 99.9 Å². The number of benzene rings is 1. The van der Waals surface area contributed by atoms with Crippen molar-refractivity contribution in [1.29, 1.82) is 0 Å². The van der Waals surface area contributed by atoms with Gasteiger partial charge in [-0.05, 0) is 24.6 Å². The fraction of sp³-hybridized carbons (Fsp3) is 0.308. The van der Waals surface area contributed by atoms with E-state index in [4.69, 9.17) is 0 Å². The molecule has 1 aliphatic rings. The molecule has 1 aliphatic heterocycles. The van der Waals surface area contributed by atoms with Crippen LogP contribution in [0.25, 0.3) is 0 Å². The number of hydrogen-bond acceptors (Lipinski definition) is 2. The van der Waals surface area contributed by atoms with Crippen molar-refractivity contribution in [3.63, 3.8) is 0 Å². The van der Waals surface area contributed by atoms with Gasteiger partial charge in [-0.2, -0.15) is 0 Å². The summed E-state index contributed by atoms with van der Waals surface area (Å²) in [4.78, 5) is 13.5. The van der Waals surface area contributed by atoms with E-state index in [1.807, 2.05) is 0 Å². The predicted octanol–water partition coefficient (Wildman–Crippen LogP) is 1.71. The second-order valence-corrected chi connectivity index (χ2v) is 4.15. The highest BCUT2D eigenvalue weighted by molar-refractivity contribution is 6.05. The highest BCUT2D eigenvalue weighted by Crippen LogP contribution is 2.20. The van der Waals surface area contributed by atoms with Crippen molar-refractivity contribution in [2.24, 2.45) is 0 Å². The first kappa shape index (κ1) is 11.8. The molecule has 0 radical (unpaired) electrons. The van der Waals surface area contributed by atoms with E-state index in [0.717, 1.165) is 18.7 Å². The Morgan fingerprint density at radius 1 is 1.35 bits per heavy atom. The zero-order valence-electron chi connectivity index (χ0n) is 9.96. The number of carbonyl (C=O) groups excluding carboxylic acids is 1. The van der Waals surface area contributed by atoms with Crippen LogP contribution in [0, 0.1) is 5.82 Å². The number of amides is 1. The van der Waals surface area contributed by atoms with Crippen LogP contribution in [-0.4, -0.2) is 26.0 Å². The van der Waals surface area contributed by atoms with Crippen LogP contribution in [-0.2, 0) is 4.79 Å². The molecule has 2 rings (SSSR count). The Morgan fingerprint density at radius 2 is 2.00 bits per heavy atom. The van der Waals surface area contributed by atoms with E-state index in [0.29, 0.717) is 11.3 Å². The van der Waals surface area contributed by atoms with E-state index in [-0.39, 0.29) is 11.7 Å². The molecule has 1 heterocycles. The van der Waals surface area contributed by atoms with E-state index in [2.05, 4.69) is 5.32 Å². The van der Waals surface area contributed by atoms with Gasteiger partial charge in [-0.15, -0.1) is 0 Å². The third-order valence-electron chi connectivity index (χ3n) is 3.05. The summed E-state index contributed by atoms with van der Waals surface area (Å²) in [6.45, 7) is 3.29. The molecule has 90 valence electrons. The lowest BCUT2D eigenvalue weighted by Gasteiger charge is -2.24. The average Bonchev–Trinajstić information content (AvgIpc) is 2.25. The monoisotopic (exact) mass is 234 g/mol. The first-order valence-electron chi connectivity index (χ1n) is 5.53. The molecule has 4 heteroatoms. The van der Waals surface area contributed by atoms with Crippen molar-refractivity contribution >= 4 is 11.6 Å². The summed E-state index contributed by atoms with van der Waals surface area (Å²) in [6.07, 6.45) is 0. The van der Waals surface area contributed by atoms with Crippen LogP contribution in [0.4, 0.5) is 10.1 Å². The number of nitrogens with one attached hydrogen (secondary N) is 1. The van der Waals surface area contributed by atoms with Crippen LogP contribution in [0.5, 0.6) is 0 Å². The molecule has 1 N–H and O–H groups in total. The Kier molecular flexibility index (Phi) is 3.24. The molecule has 0 aliphatic carbocycles. The molecule has 17 heavy (non-hydrogen) atoms. The maximum atomic E-state index is 13.5. The molecule has 1 amide bonds. The van der Waals surface area contributed by atoms with Crippen LogP contribution in [0.1, 0.15) is 6.92 Å². The van der Waals surface area contributed by atoms with Crippen LogP contribution in [0.15, 0.2) is 35.4 Å². The fourth-order valence-corrected chi connectivity index (χ4v) is 1.75. The van der Waals surface area contributed by atoms with E-state index in [1.54, 1.807) is 32.2 Å². The first-order valence-corrected chi connectivity index (χ1v) is 5.53. The maximum Gasteiger partial charge on any atom is 0.253 e. The second kappa shape index (κ2) is 4.67. The van der Waals surface area contributed by atoms with Crippen molar-refractivity contribution in [2.75, 3.05) is 25.0 Å². The minimum atomic E-state index is -0.382. The Hall–Kier alpha value is -1.68. The van der Waals surface area contributed by atoms with Gasteiger partial charge < -0.3 is 10.2 Å². The highest BCUT2D eigenvalue weighted by atomic mass is 19.1. The second-order valence-electron chi connectivity index (χ2n) is 4.15. The summed E-state index contributed by atoms with van der Waals surface area (Å²) >= 11 is 0. The lowest BCUT2D eigenvalue weighted by molar-refractivity contribution is -0.114. The molecule has 0 atom stereocenters. The fourth-order valence-electron chi connectivity index (χ4n) is 1.75. The van der Waals surface area contributed by atoms with Gasteiger partial charge in [0.05, 0.1) is 5.69 Å². The number of nitrogens with zero attached hydrogens (tertiary/aromatic N) is 1. The largest absolute Gasteiger partial charge is 0.309 e. The van der Waals surface area contributed by atoms with Gasteiger partial charge >= 0.3 is 0 Å². The van der Waals surface area contributed by atoms with Crippen LogP contribution < -0.4 is 10.2 Å². The quantitative estimate of drug-likeness (QED) is 0.790. The first-order chi connectivity index (χ1) is 8.11. The molecule has 0 spiro atoms. The molecule has 1 aromatic carbocycles. The number of para-hydroxylation sites is 1. The number of likely N-dealkylation sites (N-methyl/N-ethyl adjacent to an activating group) is 1. The topological polar surface area (TPSA) is 32.3 Å². The molecular formula is C13H15FN2O. The minimum absolute atomic E-state index is 0.147. The third kappa shape index (κ3) is 2.22. The summed E-state index contributed by atoms with van der Waals surface area (Å²) < 4.78 is 13.5. The van der Waals surface area contributed by atoms with Crippen molar-refractivity contribution < 1.29 is 9.18 Å². The third-order valence-corrected chi connectivity index (χ3v) is 3.05. The van der Waals surface area contributed by atoms with Gasteiger partial charge in [-0.1, -0.05) is 12.1 Å².